The van der Waals surface area contributed by atoms with Crippen LogP contribution in [0.2, 0.25) is 0 Å². The average Bonchev–Trinajstić information content (AvgIpc) is 2.47. The molecule has 2 heterocycles. The molecule has 0 fully saturated rings. The van der Waals surface area contributed by atoms with Crippen LogP contribution < -0.4 is 4.74 Å². The van der Waals surface area contributed by atoms with Crippen molar-refractivity contribution in [1.82, 2.24) is 15.0 Å². The number of hydrogen-bond donors (Lipinski definition) is 1. The van der Waals surface area contributed by atoms with Crippen molar-refractivity contribution >= 4 is 17.1 Å². The minimum atomic E-state index is -1.34. The first-order valence-corrected chi connectivity index (χ1v) is 5.92. The summed E-state index contributed by atoms with van der Waals surface area (Å²) in [6.07, 6.45) is 3.05. The van der Waals surface area contributed by atoms with Crippen LogP contribution in [-0.4, -0.2) is 26.0 Å². The quantitative estimate of drug-likeness (QED) is 0.796. The Bertz CT molecular complexity index is 839. The summed E-state index contributed by atoms with van der Waals surface area (Å²) in [7, 11) is 0. The lowest BCUT2D eigenvalue weighted by atomic mass is 10.2. The lowest BCUT2D eigenvalue weighted by Gasteiger charge is -2.06. The zero-order valence-corrected chi connectivity index (χ0v) is 10.5. The van der Waals surface area contributed by atoms with Crippen LogP contribution in [-0.2, 0) is 0 Å². The van der Waals surface area contributed by atoms with E-state index in [0.29, 0.717) is 11.2 Å². The van der Waals surface area contributed by atoms with E-state index in [1.807, 2.05) is 0 Å². The van der Waals surface area contributed by atoms with E-state index in [1.54, 1.807) is 18.3 Å². The first-order chi connectivity index (χ1) is 10.1. The number of benzene rings is 1. The Kier molecular flexibility index (Phi) is 3.15. The number of rotatable bonds is 3. The van der Waals surface area contributed by atoms with Gasteiger partial charge in [0.2, 0.25) is 5.88 Å². The Morgan fingerprint density at radius 3 is 2.71 bits per heavy atom. The molecule has 0 saturated carbocycles. The van der Waals surface area contributed by atoms with Gasteiger partial charge < -0.3 is 9.84 Å². The van der Waals surface area contributed by atoms with Crippen LogP contribution in [0.15, 0.2) is 42.7 Å². The number of fused-ring (bicyclic) bond motifs is 1. The van der Waals surface area contributed by atoms with Gasteiger partial charge in [0.05, 0.1) is 5.56 Å². The second-order valence-electron chi connectivity index (χ2n) is 4.10. The van der Waals surface area contributed by atoms with E-state index in [-0.39, 0.29) is 11.6 Å². The first kappa shape index (κ1) is 12.9. The number of hydrogen-bond acceptors (Lipinski definition) is 5. The summed E-state index contributed by atoms with van der Waals surface area (Å²) in [5, 5.41) is 8.76. The standard InChI is InChI=1S/C14H8FN3O3/c15-10-7-8(1-2-9(10)14(19)20)21-12-4-3-11-13(18-12)17-6-5-16-11/h1-7H,(H,19,20). The number of ether oxygens (including phenoxy) is 1. The van der Waals surface area contributed by atoms with Crippen LogP contribution in [0.25, 0.3) is 11.2 Å². The van der Waals surface area contributed by atoms with E-state index in [2.05, 4.69) is 15.0 Å². The molecule has 1 aromatic carbocycles. The number of aromatic nitrogens is 3. The summed E-state index contributed by atoms with van der Waals surface area (Å²) in [6.45, 7) is 0. The molecule has 6 nitrogen and oxygen atoms in total. The molecular formula is C14H8FN3O3. The minimum absolute atomic E-state index is 0.147. The highest BCUT2D eigenvalue weighted by Crippen LogP contribution is 2.23. The van der Waals surface area contributed by atoms with Crippen molar-refractivity contribution in [3.8, 4) is 11.6 Å². The summed E-state index contributed by atoms with van der Waals surface area (Å²) < 4.78 is 18.9. The summed E-state index contributed by atoms with van der Waals surface area (Å²) in [5.74, 6) is -1.85. The van der Waals surface area contributed by atoms with Crippen LogP contribution in [0.5, 0.6) is 11.6 Å². The molecule has 2 aromatic heterocycles. The number of pyridine rings is 1. The van der Waals surface area contributed by atoms with E-state index in [9.17, 15) is 9.18 Å². The highest BCUT2D eigenvalue weighted by molar-refractivity contribution is 5.88. The third-order valence-corrected chi connectivity index (χ3v) is 2.70. The Balaban J connectivity index is 1.91. The van der Waals surface area contributed by atoms with Gasteiger partial charge in [-0.25, -0.2) is 14.2 Å². The molecule has 3 rings (SSSR count). The number of carboxylic acid groups (broad SMARTS) is 1. The maximum Gasteiger partial charge on any atom is 0.338 e. The molecule has 104 valence electrons. The normalized spacial score (nSPS) is 10.5. The van der Waals surface area contributed by atoms with Crippen LogP contribution in [0.4, 0.5) is 4.39 Å². The van der Waals surface area contributed by atoms with Gasteiger partial charge in [0, 0.05) is 24.5 Å². The molecule has 0 atom stereocenters. The van der Waals surface area contributed by atoms with Crippen molar-refractivity contribution in [2.75, 3.05) is 0 Å². The number of carbonyl (C=O) groups is 1. The highest BCUT2D eigenvalue weighted by Gasteiger charge is 2.11. The van der Waals surface area contributed by atoms with E-state index >= 15 is 0 Å². The summed E-state index contributed by atoms with van der Waals surface area (Å²) >= 11 is 0. The van der Waals surface area contributed by atoms with Gasteiger partial charge in [-0.05, 0) is 18.2 Å². The van der Waals surface area contributed by atoms with Gasteiger partial charge in [0.15, 0.2) is 5.65 Å². The Morgan fingerprint density at radius 2 is 1.95 bits per heavy atom. The Morgan fingerprint density at radius 1 is 1.14 bits per heavy atom. The van der Waals surface area contributed by atoms with Gasteiger partial charge in [0.1, 0.15) is 17.1 Å². The van der Waals surface area contributed by atoms with Crippen molar-refractivity contribution in [3.63, 3.8) is 0 Å². The fraction of sp³-hybridized carbons (Fsp3) is 0. The maximum atomic E-state index is 13.6. The van der Waals surface area contributed by atoms with Gasteiger partial charge in [-0.15, -0.1) is 0 Å². The second kappa shape index (κ2) is 5.12. The molecule has 0 radical (unpaired) electrons. The summed E-state index contributed by atoms with van der Waals surface area (Å²) in [4.78, 5) is 23.0. The van der Waals surface area contributed by atoms with Crippen molar-refractivity contribution in [1.29, 1.82) is 0 Å². The molecule has 0 saturated heterocycles. The molecule has 1 N–H and O–H groups in total. The fourth-order valence-corrected chi connectivity index (χ4v) is 1.75. The molecule has 0 amide bonds. The average molecular weight is 285 g/mol. The van der Waals surface area contributed by atoms with Gasteiger partial charge in [-0.3, -0.25) is 4.98 Å². The van der Waals surface area contributed by atoms with Crippen LogP contribution in [0.1, 0.15) is 10.4 Å². The van der Waals surface area contributed by atoms with Crippen LogP contribution in [0.3, 0.4) is 0 Å². The number of nitrogens with zero attached hydrogens (tertiary/aromatic N) is 3. The molecule has 0 unspecified atom stereocenters. The third kappa shape index (κ3) is 2.62. The van der Waals surface area contributed by atoms with E-state index in [4.69, 9.17) is 9.84 Å². The van der Waals surface area contributed by atoms with Crippen LogP contribution >= 0.6 is 0 Å². The molecular weight excluding hydrogens is 277 g/mol. The lowest BCUT2D eigenvalue weighted by Crippen LogP contribution is -2.00. The number of carboxylic acids is 1. The van der Waals surface area contributed by atoms with Crippen molar-refractivity contribution in [3.05, 3.63) is 54.1 Å². The smallest absolute Gasteiger partial charge is 0.338 e. The van der Waals surface area contributed by atoms with Crippen molar-refractivity contribution in [2.24, 2.45) is 0 Å². The molecule has 0 aliphatic rings. The molecule has 7 heteroatoms. The second-order valence-corrected chi connectivity index (χ2v) is 4.10. The summed E-state index contributed by atoms with van der Waals surface area (Å²) in [5.41, 5.74) is 0.592. The Hall–Kier alpha value is -3.09. The van der Waals surface area contributed by atoms with Gasteiger partial charge in [-0.2, -0.15) is 4.98 Å². The van der Waals surface area contributed by atoms with Gasteiger partial charge in [-0.1, -0.05) is 0 Å². The van der Waals surface area contributed by atoms with Gasteiger partial charge in [0.25, 0.3) is 0 Å². The molecule has 3 aromatic rings. The monoisotopic (exact) mass is 285 g/mol. The molecule has 0 bridgehead atoms. The molecule has 0 aliphatic carbocycles. The highest BCUT2D eigenvalue weighted by atomic mass is 19.1. The minimum Gasteiger partial charge on any atom is -0.478 e. The molecule has 21 heavy (non-hydrogen) atoms. The zero-order valence-electron chi connectivity index (χ0n) is 10.5. The maximum absolute atomic E-state index is 13.6. The number of halogens is 1. The van der Waals surface area contributed by atoms with E-state index in [1.165, 1.54) is 12.3 Å². The molecule has 0 spiro atoms. The zero-order chi connectivity index (χ0) is 14.8. The Labute approximate surface area is 117 Å². The first-order valence-electron chi connectivity index (χ1n) is 5.92. The fourth-order valence-electron chi connectivity index (χ4n) is 1.75. The van der Waals surface area contributed by atoms with Crippen molar-refractivity contribution in [2.45, 2.75) is 0 Å². The largest absolute Gasteiger partial charge is 0.478 e. The predicted octanol–water partition coefficient (Wildman–Crippen LogP) is 2.65. The van der Waals surface area contributed by atoms with Crippen LogP contribution in [0, 0.1) is 5.82 Å². The van der Waals surface area contributed by atoms with E-state index < -0.39 is 17.3 Å². The third-order valence-electron chi connectivity index (χ3n) is 2.70. The van der Waals surface area contributed by atoms with Gasteiger partial charge >= 0.3 is 5.97 Å². The van der Waals surface area contributed by atoms with E-state index in [0.717, 1.165) is 12.1 Å². The topological polar surface area (TPSA) is 85.2 Å². The molecule has 0 aliphatic heterocycles. The lowest BCUT2D eigenvalue weighted by molar-refractivity contribution is 0.0692. The SMILES string of the molecule is O=C(O)c1ccc(Oc2ccc3nccnc3n2)cc1F. The predicted molar refractivity (Wildman–Crippen MR) is 70.8 cm³/mol. The van der Waals surface area contributed by atoms with Crippen molar-refractivity contribution < 1.29 is 19.0 Å². The number of aromatic carboxylic acids is 1. The summed E-state index contributed by atoms with van der Waals surface area (Å²) in [6, 6.07) is 6.72.